The fourth-order valence-electron chi connectivity index (χ4n) is 6.56. The Morgan fingerprint density at radius 1 is 0.822 bits per heavy atom. The zero-order chi connectivity index (χ0) is 28.5. The predicted octanol–water partition coefficient (Wildman–Crippen LogP) is 6.31. The minimum atomic E-state index is 0. The number of para-hydroxylation sites is 2. The molecule has 0 amide bonds. The Labute approximate surface area is 287 Å². The Balaban J connectivity index is 0.00000154. The number of benzene rings is 3. The predicted molar refractivity (Wildman–Crippen MR) is 194 cm³/mol. The monoisotopic (exact) mass is 687 g/mol. The molecule has 2 aromatic heterocycles. The molecule has 0 bridgehead atoms. The van der Waals surface area contributed by atoms with Crippen LogP contribution >= 0.6 is 48.6 Å². The maximum atomic E-state index is 13.6. The van der Waals surface area contributed by atoms with Crippen LogP contribution in [0.25, 0.3) is 21.0 Å². The van der Waals surface area contributed by atoms with Crippen molar-refractivity contribution in [3.63, 3.8) is 0 Å². The minimum Gasteiger partial charge on any atom is -0.495 e. The van der Waals surface area contributed by atoms with E-state index in [2.05, 4.69) is 69.3 Å². The average molecular weight is 689 g/mol. The summed E-state index contributed by atoms with van der Waals surface area (Å²) in [6.07, 6.45) is 3.70. The molecule has 0 spiro atoms. The molecule has 240 valence electrons. The molecule has 4 heterocycles. The minimum absolute atomic E-state index is 0. The van der Waals surface area contributed by atoms with Gasteiger partial charge in [0.1, 0.15) is 10.6 Å². The van der Waals surface area contributed by atoms with Crippen LogP contribution in [0, 0.1) is 0 Å². The van der Waals surface area contributed by atoms with Crippen LogP contribution in [0.1, 0.15) is 16.0 Å². The van der Waals surface area contributed by atoms with Gasteiger partial charge < -0.3 is 9.64 Å². The van der Waals surface area contributed by atoms with Gasteiger partial charge in [-0.1, -0.05) is 54.6 Å². The summed E-state index contributed by atoms with van der Waals surface area (Å²) >= 11 is 1.71. The van der Waals surface area contributed by atoms with Crippen molar-refractivity contribution >= 4 is 75.2 Å². The highest BCUT2D eigenvalue weighted by molar-refractivity contribution is 7.18. The highest BCUT2D eigenvalue weighted by Gasteiger charge is 2.24. The second-order valence-electron chi connectivity index (χ2n) is 11.3. The van der Waals surface area contributed by atoms with Gasteiger partial charge in [-0.3, -0.25) is 19.2 Å². The third kappa shape index (κ3) is 7.27. The summed E-state index contributed by atoms with van der Waals surface area (Å²) in [5, 5.41) is 3.51. The van der Waals surface area contributed by atoms with Crippen molar-refractivity contribution in [2.75, 3.05) is 57.8 Å². The summed E-state index contributed by atoms with van der Waals surface area (Å²) in [7, 11) is 1.73. The summed E-state index contributed by atoms with van der Waals surface area (Å²) in [6.45, 7) is 8.23. The number of piperazine rings is 1. The van der Waals surface area contributed by atoms with Gasteiger partial charge in [-0.15, -0.1) is 48.6 Å². The lowest BCUT2D eigenvalue weighted by atomic mass is 10.0. The zero-order valence-corrected chi connectivity index (χ0v) is 28.7. The molecule has 5 aromatic rings. The van der Waals surface area contributed by atoms with Crippen LogP contribution in [0.4, 0.5) is 5.69 Å². The van der Waals surface area contributed by atoms with Gasteiger partial charge in [-0.2, -0.15) is 0 Å². The van der Waals surface area contributed by atoms with Gasteiger partial charge in [-0.25, -0.2) is 4.98 Å². The fraction of sp³-hybridized carbons (Fsp3) is 0.353. The Morgan fingerprint density at radius 2 is 1.58 bits per heavy atom. The van der Waals surface area contributed by atoms with Crippen LogP contribution in [-0.2, 0) is 25.9 Å². The lowest BCUT2D eigenvalue weighted by Gasteiger charge is -2.36. The highest BCUT2D eigenvalue weighted by atomic mass is 35.5. The number of aromatic nitrogens is 2. The Bertz CT molecular complexity index is 1780. The first-order valence-electron chi connectivity index (χ1n) is 15.0. The number of methoxy groups -OCH3 is 1. The molecule has 0 saturated carbocycles. The average Bonchev–Trinajstić information content (AvgIpc) is 3.42. The topological polar surface area (TPSA) is 53.8 Å². The molecule has 0 aliphatic carbocycles. The number of nitrogens with zero attached hydrogens (tertiary/aromatic N) is 5. The number of ether oxygens (including phenoxy) is 1. The standard InChI is InChI=1S/C34H37N5O2S.3ClH/c1-41-30-12-5-4-11-29(30)38-20-17-36(18-21-38)19-22-39-24-35-33-32(34(39)40)28-14-16-37(23-31(28)42-33)15-13-26-9-6-8-25-7-2-3-10-27(25)26;;;/h2-12,24H,13-23H2,1H3;3*1H. The molecule has 11 heteroatoms. The molecule has 45 heavy (non-hydrogen) atoms. The molecule has 2 aliphatic heterocycles. The molecule has 0 radical (unpaired) electrons. The third-order valence-corrected chi connectivity index (χ3v) is 10.1. The van der Waals surface area contributed by atoms with Gasteiger partial charge in [0.25, 0.3) is 5.56 Å². The Morgan fingerprint density at radius 3 is 2.40 bits per heavy atom. The van der Waals surface area contributed by atoms with E-state index in [-0.39, 0.29) is 42.8 Å². The lowest BCUT2D eigenvalue weighted by molar-refractivity contribution is 0.246. The van der Waals surface area contributed by atoms with E-state index in [4.69, 9.17) is 9.72 Å². The zero-order valence-electron chi connectivity index (χ0n) is 25.4. The van der Waals surface area contributed by atoms with E-state index in [0.29, 0.717) is 6.54 Å². The Kier molecular flexibility index (Phi) is 12.2. The van der Waals surface area contributed by atoms with Gasteiger partial charge in [0.2, 0.25) is 0 Å². The fourth-order valence-corrected chi connectivity index (χ4v) is 7.78. The first-order valence-corrected chi connectivity index (χ1v) is 15.8. The largest absolute Gasteiger partial charge is 0.495 e. The Hall–Kier alpha value is -2.85. The normalized spacial score (nSPS) is 15.2. The molecular weight excluding hydrogens is 649 g/mol. The number of halogens is 3. The van der Waals surface area contributed by atoms with Crippen molar-refractivity contribution in [2.24, 2.45) is 0 Å². The maximum absolute atomic E-state index is 13.6. The number of hydrogen-bond acceptors (Lipinski definition) is 7. The van der Waals surface area contributed by atoms with Crippen molar-refractivity contribution < 1.29 is 4.74 Å². The summed E-state index contributed by atoms with van der Waals surface area (Å²) in [6, 6.07) is 23.5. The van der Waals surface area contributed by atoms with E-state index in [1.54, 1.807) is 24.8 Å². The molecule has 1 saturated heterocycles. The lowest BCUT2D eigenvalue weighted by Crippen LogP contribution is -2.47. The molecule has 7 nitrogen and oxygen atoms in total. The molecule has 0 unspecified atom stereocenters. The molecule has 7 rings (SSSR count). The smallest absolute Gasteiger partial charge is 0.262 e. The van der Waals surface area contributed by atoms with E-state index in [9.17, 15) is 4.79 Å². The van der Waals surface area contributed by atoms with Crippen LogP contribution in [0.5, 0.6) is 5.75 Å². The second kappa shape index (κ2) is 15.6. The van der Waals surface area contributed by atoms with E-state index in [1.807, 2.05) is 16.7 Å². The molecule has 0 atom stereocenters. The first kappa shape index (κ1) is 35.0. The molecule has 1 fully saturated rings. The van der Waals surface area contributed by atoms with Gasteiger partial charge in [0, 0.05) is 63.8 Å². The van der Waals surface area contributed by atoms with E-state index >= 15 is 0 Å². The number of thiophene rings is 1. The van der Waals surface area contributed by atoms with Gasteiger partial charge >= 0.3 is 0 Å². The summed E-state index contributed by atoms with van der Waals surface area (Å²) in [4.78, 5) is 28.0. The number of hydrogen-bond donors (Lipinski definition) is 0. The molecular formula is C34H40Cl3N5O2S. The SMILES string of the molecule is COc1ccccc1N1CCN(CCn2cnc3sc4c(c3c2=O)CCN(CCc2cccc3ccccc23)C4)CC1.Cl.Cl.Cl. The van der Waals surface area contributed by atoms with Crippen molar-refractivity contribution in [3.05, 3.63) is 99.4 Å². The van der Waals surface area contributed by atoms with E-state index in [0.717, 1.165) is 86.9 Å². The molecule has 0 N–H and O–H groups in total. The van der Waals surface area contributed by atoms with Crippen LogP contribution in [0.15, 0.2) is 77.9 Å². The summed E-state index contributed by atoms with van der Waals surface area (Å²) < 4.78 is 7.39. The molecule has 3 aromatic carbocycles. The van der Waals surface area contributed by atoms with Crippen LogP contribution in [0.3, 0.4) is 0 Å². The number of anilines is 1. The van der Waals surface area contributed by atoms with Gasteiger partial charge in [0.15, 0.2) is 0 Å². The van der Waals surface area contributed by atoms with Crippen LogP contribution in [0.2, 0.25) is 0 Å². The third-order valence-electron chi connectivity index (χ3n) is 8.94. The van der Waals surface area contributed by atoms with Crippen molar-refractivity contribution in [1.82, 2.24) is 19.4 Å². The van der Waals surface area contributed by atoms with E-state index < -0.39 is 0 Å². The summed E-state index contributed by atoms with van der Waals surface area (Å²) in [5.74, 6) is 0.920. The first-order chi connectivity index (χ1) is 20.7. The highest BCUT2D eigenvalue weighted by Crippen LogP contribution is 2.33. The number of rotatable bonds is 8. The van der Waals surface area contributed by atoms with Crippen molar-refractivity contribution in [1.29, 1.82) is 0 Å². The van der Waals surface area contributed by atoms with Crippen LogP contribution in [-0.4, -0.2) is 72.3 Å². The van der Waals surface area contributed by atoms with Crippen LogP contribution < -0.4 is 15.2 Å². The quantitative estimate of drug-likeness (QED) is 0.191. The second-order valence-corrected chi connectivity index (χ2v) is 12.4. The summed E-state index contributed by atoms with van der Waals surface area (Å²) in [5.41, 5.74) is 3.91. The van der Waals surface area contributed by atoms with Gasteiger partial charge in [-0.05, 0) is 46.9 Å². The van der Waals surface area contributed by atoms with E-state index in [1.165, 1.54) is 26.8 Å². The maximum Gasteiger partial charge on any atom is 0.262 e. The van der Waals surface area contributed by atoms with Gasteiger partial charge in [0.05, 0.1) is 24.5 Å². The van der Waals surface area contributed by atoms with Crippen molar-refractivity contribution in [2.45, 2.75) is 25.9 Å². The number of fused-ring (bicyclic) bond motifs is 4. The molecule has 2 aliphatic rings. The van der Waals surface area contributed by atoms with Crippen molar-refractivity contribution in [3.8, 4) is 5.75 Å².